The van der Waals surface area contributed by atoms with Gasteiger partial charge >= 0.3 is 0 Å². The quantitative estimate of drug-likeness (QED) is 0.726. The molecule has 2 aromatic rings. The Labute approximate surface area is 174 Å². The van der Waals surface area contributed by atoms with Crippen molar-refractivity contribution < 1.29 is 18.0 Å². The highest BCUT2D eigenvalue weighted by Gasteiger charge is 2.31. The summed E-state index contributed by atoms with van der Waals surface area (Å²) in [6.07, 6.45) is 0.899. The summed E-state index contributed by atoms with van der Waals surface area (Å²) in [6.45, 7) is 0.600. The van der Waals surface area contributed by atoms with Crippen LogP contribution in [0.5, 0.6) is 0 Å². The molecule has 9 heteroatoms. The molecule has 1 aliphatic heterocycles. The number of nitrogens with zero attached hydrogens (tertiary/aromatic N) is 1. The Kier molecular flexibility index (Phi) is 6.56. The molecule has 2 amide bonds. The first kappa shape index (κ1) is 21.3. The normalized spacial score (nSPS) is 15.8. The summed E-state index contributed by atoms with van der Waals surface area (Å²) < 4.78 is 26.7. The van der Waals surface area contributed by atoms with Crippen LogP contribution in [0.25, 0.3) is 0 Å². The summed E-state index contributed by atoms with van der Waals surface area (Å²) in [5.74, 6) is -1.05. The first-order valence-electron chi connectivity index (χ1n) is 9.17. The van der Waals surface area contributed by atoms with Crippen molar-refractivity contribution in [3.63, 3.8) is 0 Å². The Morgan fingerprint density at radius 2 is 1.62 bits per heavy atom. The minimum atomic E-state index is -3.46. The summed E-state index contributed by atoms with van der Waals surface area (Å²) in [4.78, 5) is 23.6. The third kappa shape index (κ3) is 5.56. The molecule has 0 atom stereocenters. The maximum atomic E-state index is 12.6. The molecule has 29 heavy (non-hydrogen) atoms. The fourth-order valence-electron chi connectivity index (χ4n) is 3.24. The lowest BCUT2D eigenvalue weighted by atomic mass is 9.97. The zero-order chi connectivity index (χ0) is 21.0. The van der Waals surface area contributed by atoms with Crippen LogP contribution >= 0.6 is 11.6 Å². The van der Waals surface area contributed by atoms with Crippen molar-refractivity contribution in [3.8, 4) is 0 Å². The molecule has 0 spiro atoms. The van der Waals surface area contributed by atoms with E-state index in [1.165, 1.54) is 4.31 Å². The molecule has 3 rings (SSSR count). The number of halogens is 1. The van der Waals surface area contributed by atoms with Crippen LogP contribution < -0.4 is 11.1 Å². The molecule has 0 aromatic heterocycles. The number of sulfonamides is 1. The molecule has 0 unspecified atom stereocenters. The molecule has 1 fully saturated rings. The van der Waals surface area contributed by atoms with Gasteiger partial charge in [0.1, 0.15) is 0 Å². The van der Waals surface area contributed by atoms with E-state index in [2.05, 4.69) is 5.32 Å². The number of nitrogens with one attached hydrogen (secondary N) is 1. The minimum absolute atomic E-state index is 0.0900. The summed E-state index contributed by atoms with van der Waals surface area (Å²) in [7, 11) is -3.46. The van der Waals surface area contributed by atoms with Gasteiger partial charge in [0, 0.05) is 35.3 Å². The summed E-state index contributed by atoms with van der Waals surface area (Å²) in [6, 6.07) is 13.0. The summed E-state index contributed by atoms with van der Waals surface area (Å²) >= 11 is 5.84. The molecule has 2 aromatic carbocycles. The van der Waals surface area contributed by atoms with Crippen molar-refractivity contribution in [2.75, 3.05) is 18.4 Å². The first-order valence-corrected chi connectivity index (χ1v) is 11.2. The molecular formula is C20H22ClN3O4S. The highest BCUT2D eigenvalue weighted by atomic mass is 35.5. The van der Waals surface area contributed by atoms with Gasteiger partial charge in [0.25, 0.3) is 0 Å². The fourth-order valence-corrected chi connectivity index (χ4v) is 4.93. The van der Waals surface area contributed by atoms with Crippen molar-refractivity contribution in [3.05, 3.63) is 64.7 Å². The average Bonchev–Trinajstić information content (AvgIpc) is 2.70. The number of carbonyl (C=O) groups excluding carboxylic acids is 2. The van der Waals surface area contributed by atoms with Gasteiger partial charge in [-0.15, -0.1) is 0 Å². The highest BCUT2D eigenvalue weighted by Crippen LogP contribution is 2.23. The third-order valence-electron chi connectivity index (χ3n) is 4.92. The Bertz CT molecular complexity index is 983. The Hall–Kier alpha value is -2.42. The van der Waals surface area contributed by atoms with Crippen LogP contribution in [0.2, 0.25) is 5.02 Å². The van der Waals surface area contributed by atoms with Gasteiger partial charge < -0.3 is 11.1 Å². The Morgan fingerprint density at radius 1 is 1.03 bits per heavy atom. The van der Waals surface area contributed by atoms with Gasteiger partial charge in [-0.3, -0.25) is 9.59 Å². The van der Waals surface area contributed by atoms with E-state index >= 15 is 0 Å². The zero-order valence-corrected chi connectivity index (χ0v) is 17.2. The number of amides is 2. The van der Waals surface area contributed by atoms with Crippen LogP contribution in [0.15, 0.2) is 48.5 Å². The van der Waals surface area contributed by atoms with E-state index in [1.54, 1.807) is 48.5 Å². The minimum Gasteiger partial charge on any atom is -0.366 e. The van der Waals surface area contributed by atoms with Gasteiger partial charge in [-0.2, -0.15) is 0 Å². The van der Waals surface area contributed by atoms with E-state index in [4.69, 9.17) is 17.3 Å². The molecular weight excluding hydrogens is 414 g/mol. The lowest BCUT2D eigenvalue weighted by molar-refractivity contribution is -0.120. The lowest BCUT2D eigenvalue weighted by Crippen LogP contribution is -2.41. The number of nitrogens with two attached hydrogens (primary N) is 1. The van der Waals surface area contributed by atoms with Crippen LogP contribution in [0.3, 0.4) is 0 Å². The first-order chi connectivity index (χ1) is 13.7. The number of anilines is 1. The van der Waals surface area contributed by atoms with Gasteiger partial charge in [0.15, 0.2) is 0 Å². The number of rotatable bonds is 6. The smallest absolute Gasteiger partial charge is 0.248 e. The van der Waals surface area contributed by atoms with Crippen LogP contribution in [-0.2, 0) is 20.6 Å². The second-order valence-corrected chi connectivity index (χ2v) is 9.39. The Morgan fingerprint density at radius 3 is 2.17 bits per heavy atom. The van der Waals surface area contributed by atoms with E-state index < -0.39 is 15.9 Å². The van der Waals surface area contributed by atoms with Gasteiger partial charge in [0.2, 0.25) is 21.8 Å². The van der Waals surface area contributed by atoms with Crippen LogP contribution in [0.4, 0.5) is 5.69 Å². The fraction of sp³-hybridized carbons (Fsp3) is 0.300. The predicted octanol–water partition coefficient (Wildman–Crippen LogP) is 2.62. The van der Waals surface area contributed by atoms with Crippen molar-refractivity contribution in [2.24, 2.45) is 11.7 Å². The predicted molar refractivity (Wildman–Crippen MR) is 112 cm³/mol. The number of carbonyl (C=O) groups is 2. The summed E-state index contributed by atoms with van der Waals surface area (Å²) in [5.41, 5.74) is 6.80. The van der Waals surface area contributed by atoms with Crippen molar-refractivity contribution >= 4 is 39.1 Å². The lowest BCUT2D eigenvalue weighted by Gasteiger charge is -2.30. The van der Waals surface area contributed by atoms with Gasteiger partial charge in [-0.1, -0.05) is 23.7 Å². The number of piperidine rings is 1. The van der Waals surface area contributed by atoms with Crippen molar-refractivity contribution in [1.29, 1.82) is 0 Å². The molecule has 7 nitrogen and oxygen atoms in total. The topological polar surface area (TPSA) is 110 Å². The molecule has 0 saturated carbocycles. The van der Waals surface area contributed by atoms with Crippen LogP contribution in [-0.4, -0.2) is 37.6 Å². The van der Waals surface area contributed by atoms with E-state index in [1.807, 2.05) is 0 Å². The maximum Gasteiger partial charge on any atom is 0.248 e. The van der Waals surface area contributed by atoms with E-state index in [0.717, 1.165) is 0 Å². The molecule has 1 saturated heterocycles. The summed E-state index contributed by atoms with van der Waals surface area (Å²) in [5, 5.41) is 3.36. The zero-order valence-electron chi connectivity index (χ0n) is 15.7. The maximum absolute atomic E-state index is 12.6. The van der Waals surface area contributed by atoms with E-state index in [9.17, 15) is 18.0 Å². The van der Waals surface area contributed by atoms with Gasteiger partial charge in [-0.05, 0) is 54.8 Å². The number of hydrogen-bond donors (Lipinski definition) is 2. The Balaban J connectivity index is 1.54. The standard InChI is InChI=1S/C20H22ClN3O4S/c21-17-5-1-14(2-6-17)13-29(27,28)24-11-9-16(10-12-24)20(26)23-18-7-3-15(4-8-18)19(22)25/h1-8,16H,9-13H2,(H2,22,25)(H,23,26). The largest absolute Gasteiger partial charge is 0.366 e. The SMILES string of the molecule is NC(=O)c1ccc(NC(=O)C2CCN(S(=O)(=O)Cc3ccc(Cl)cc3)CC2)cc1. The van der Waals surface area contributed by atoms with Gasteiger partial charge in [-0.25, -0.2) is 12.7 Å². The second-order valence-electron chi connectivity index (χ2n) is 6.99. The van der Waals surface area contributed by atoms with Crippen molar-refractivity contribution in [2.45, 2.75) is 18.6 Å². The molecule has 0 bridgehead atoms. The molecule has 0 aliphatic carbocycles. The van der Waals surface area contributed by atoms with Crippen LogP contribution in [0.1, 0.15) is 28.8 Å². The molecule has 1 heterocycles. The monoisotopic (exact) mass is 435 g/mol. The molecule has 0 radical (unpaired) electrons. The van der Waals surface area contributed by atoms with Gasteiger partial charge in [0.05, 0.1) is 5.75 Å². The molecule has 3 N–H and O–H groups in total. The number of hydrogen-bond acceptors (Lipinski definition) is 4. The van der Waals surface area contributed by atoms with Crippen LogP contribution in [0, 0.1) is 5.92 Å². The number of primary amides is 1. The molecule has 1 aliphatic rings. The highest BCUT2D eigenvalue weighted by molar-refractivity contribution is 7.88. The third-order valence-corrected chi connectivity index (χ3v) is 7.02. The second kappa shape index (κ2) is 8.94. The average molecular weight is 436 g/mol. The van der Waals surface area contributed by atoms with Crippen molar-refractivity contribution in [1.82, 2.24) is 4.31 Å². The number of benzene rings is 2. The van der Waals surface area contributed by atoms with E-state index in [0.29, 0.717) is 47.8 Å². The molecule has 154 valence electrons. The van der Waals surface area contributed by atoms with E-state index in [-0.39, 0.29) is 17.6 Å².